The van der Waals surface area contributed by atoms with Gasteiger partial charge in [0.05, 0.1) is 19.7 Å². The molecule has 10 heteroatoms. The van der Waals surface area contributed by atoms with Crippen LogP contribution >= 0.6 is 0 Å². The summed E-state index contributed by atoms with van der Waals surface area (Å²) in [6, 6.07) is 0. The van der Waals surface area contributed by atoms with Gasteiger partial charge in [-0.1, -0.05) is 0 Å². The number of hydrogen-bond acceptors (Lipinski definition) is 4. The third-order valence-electron chi connectivity index (χ3n) is 2.09. The molecule has 0 saturated carbocycles. The van der Waals surface area contributed by atoms with Crippen molar-refractivity contribution >= 4 is 5.97 Å². The largest absolute Gasteiger partial charge is 0.573 e. The van der Waals surface area contributed by atoms with E-state index >= 15 is 0 Å². The second-order valence-electron chi connectivity index (χ2n) is 3.40. The van der Waals surface area contributed by atoms with Crippen LogP contribution in [0.15, 0.2) is 6.20 Å². The van der Waals surface area contributed by atoms with E-state index in [2.05, 4.69) is 14.5 Å². The van der Waals surface area contributed by atoms with Crippen LogP contribution in [-0.2, 0) is 16.0 Å². The van der Waals surface area contributed by atoms with Crippen LogP contribution in [0, 0.1) is 5.82 Å². The maximum Gasteiger partial charge on any atom is 0.573 e. The summed E-state index contributed by atoms with van der Waals surface area (Å²) in [6.07, 6.45) is -9.51. The smallest absolute Gasteiger partial charge is 0.469 e. The second kappa shape index (κ2) is 5.97. The summed E-state index contributed by atoms with van der Waals surface area (Å²) < 4.78 is 82.6. The van der Waals surface area contributed by atoms with Crippen molar-refractivity contribution in [2.24, 2.45) is 0 Å². The van der Waals surface area contributed by atoms with E-state index in [9.17, 15) is 31.1 Å². The van der Waals surface area contributed by atoms with Gasteiger partial charge in [-0.05, 0) is 0 Å². The topological polar surface area (TPSA) is 48.4 Å². The summed E-state index contributed by atoms with van der Waals surface area (Å²) in [5.74, 6) is -4.04. The Morgan fingerprint density at radius 2 is 2.00 bits per heavy atom. The molecule has 0 aromatic carbocycles. The number of aromatic nitrogens is 1. The molecule has 0 radical (unpaired) electrons. The highest BCUT2D eigenvalue weighted by Crippen LogP contribution is 2.35. The molecule has 0 saturated heterocycles. The summed E-state index contributed by atoms with van der Waals surface area (Å²) >= 11 is 0. The number of carbonyl (C=O) groups excluding carboxylic acids is 1. The van der Waals surface area contributed by atoms with Gasteiger partial charge in [-0.15, -0.1) is 13.2 Å². The number of ether oxygens (including phenoxy) is 2. The van der Waals surface area contributed by atoms with Crippen molar-refractivity contribution in [1.29, 1.82) is 0 Å². The highest BCUT2D eigenvalue weighted by atomic mass is 19.4. The van der Waals surface area contributed by atoms with Gasteiger partial charge in [-0.2, -0.15) is 0 Å². The predicted octanol–water partition coefficient (Wildman–Crippen LogP) is 2.77. The van der Waals surface area contributed by atoms with Gasteiger partial charge < -0.3 is 9.47 Å². The van der Waals surface area contributed by atoms with Crippen LogP contribution in [0.4, 0.5) is 26.3 Å². The number of methoxy groups -OCH3 is 1. The van der Waals surface area contributed by atoms with Crippen LogP contribution in [-0.4, -0.2) is 24.4 Å². The molecule has 0 aliphatic heterocycles. The standard InChI is InChI=1S/C10H7F6NO3/c1-19-6(18)2-4-5(11)3-17-7(9(12)13)8(4)20-10(14,15)16/h3,9H,2H2,1H3. The van der Waals surface area contributed by atoms with Crippen LogP contribution in [0.25, 0.3) is 0 Å². The van der Waals surface area contributed by atoms with Crippen molar-refractivity contribution in [1.82, 2.24) is 4.98 Å². The van der Waals surface area contributed by atoms with Crippen LogP contribution < -0.4 is 4.74 Å². The molecule has 0 spiro atoms. The van der Waals surface area contributed by atoms with E-state index in [1.54, 1.807) is 0 Å². The first-order valence-corrected chi connectivity index (χ1v) is 4.93. The Bertz CT molecular complexity index is 503. The number of alkyl halides is 5. The van der Waals surface area contributed by atoms with Crippen molar-refractivity contribution in [2.75, 3.05) is 7.11 Å². The normalized spacial score (nSPS) is 11.6. The molecular weight excluding hydrogens is 296 g/mol. The fraction of sp³-hybridized carbons (Fsp3) is 0.400. The van der Waals surface area contributed by atoms with Crippen LogP contribution in [0.2, 0.25) is 0 Å². The lowest BCUT2D eigenvalue weighted by atomic mass is 10.1. The molecule has 1 rings (SSSR count). The van der Waals surface area contributed by atoms with Crippen molar-refractivity contribution in [2.45, 2.75) is 19.2 Å². The minimum atomic E-state index is -5.34. The van der Waals surface area contributed by atoms with Gasteiger partial charge in [0.1, 0.15) is 11.5 Å². The van der Waals surface area contributed by atoms with Gasteiger partial charge in [0.2, 0.25) is 0 Å². The molecule has 0 atom stereocenters. The van der Waals surface area contributed by atoms with Crippen LogP contribution in [0.1, 0.15) is 17.7 Å². The first kappa shape index (κ1) is 16.1. The van der Waals surface area contributed by atoms with E-state index in [1.807, 2.05) is 0 Å². The predicted molar refractivity (Wildman–Crippen MR) is 51.6 cm³/mol. The van der Waals surface area contributed by atoms with Crippen LogP contribution in [0.3, 0.4) is 0 Å². The molecule has 0 bridgehead atoms. The van der Waals surface area contributed by atoms with Gasteiger partial charge in [0, 0.05) is 5.56 Å². The number of carbonyl (C=O) groups is 1. The Morgan fingerprint density at radius 1 is 1.40 bits per heavy atom. The number of hydrogen-bond donors (Lipinski definition) is 0. The van der Waals surface area contributed by atoms with E-state index in [4.69, 9.17) is 0 Å². The molecule has 20 heavy (non-hydrogen) atoms. The van der Waals surface area contributed by atoms with Gasteiger partial charge in [-0.3, -0.25) is 4.79 Å². The maximum absolute atomic E-state index is 13.4. The second-order valence-corrected chi connectivity index (χ2v) is 3.40. The minimum absolute atomic E-state index is 0.281. The lowest BCUT2D eigenvalue weighted by Crippen LogP contribution is -2.21. The Morgan fingerprint density at radius 3 is 2.45 bits per heavy atom. The summed E-state index contributed by atoms with van der Waals surface area (Å²) in [6.45, 7) is 0. The molecule has 0 aliphatic rings. The zero-order valence-electron chi connectivity index (χ0n) is 9.80. The summed E-state index contributed by atoms with van der Waals surface area (Å²) in [7, 11) is 0.903. The van der Waals surface area contributed by atoms with Crippen molar-refractivity contribution in [3.05, 3.63) is 23.3 Å². The minimum Gasteiger partial charge on any atom is -0.469 e. The molecule has 0 fully saturated rings. The third-order valence-corrected chi connectivity index (χ3v) is 2.09. The van der Waals surface area contributed by atoms with E-state index in [0.717, 1.165) is 7.11 Å². The fourth-order valence-electron chi connectivity index (χ4n) is 1.29. The number of pyridine rings is 1. The monoisotopic (exact) mass is 303 g/mol. The number of halogens is 6. The summed E-state index contributed by atoms with van der Waals surface area (Å²) in [5.41, 5.74) is -2.41. The highest BCUT2D eigenvalue weighted by molar-refractivity contribution is 5.73. The molecule has 1 aromatic heterocycles. The Hall–Kier alpha value is -2.00. The maximum atomic E-state index is 13.4. The van der Waals surface area contributed by atoms with Crippen LogP contribution in [0.5, 0.6) is 5.75 Å². The van der Waals surface area contributed by atoms with Crippen molar-refractivity contribution < 1.29 is 40.6 Å². The molecule has 1 heterocycles. The Kier molecular flexibility index (Phi) is 4.79. The fourth-order valence-corrected chi connectivity index (χ4v) is 1.29. The van der Waals surface area contributed by atoms with Crippen molar-refractivity contribution in [3.63, 3.8) is 0 Å². The lowest BCUT2D eigenvalue weighted by molar-refractivity contribution is -0.275. The SMILES string of the molecule is COC(=O)Cc1c(F)cnc(C(F)F)c1OC(F)(F)F. The van der Waals surface area contributed by atoms with E-state index in [0.29, 0.717) is 0 Å². The Balaban J connectivity index is 3.37. The average Bonchev–Trinajstić information content (AvgIpc) is 2.31. The number of nitrogens with zero attached hydrogens (tertiary/aromatic N) is 1. The molecule has 112 valence electrons. The highest BCUT2D eigenvalue weighted by Gasteiger charge is 2.36. The molecule has 4 nitrogen and oxygen atoms in total. The first-order chi connectivity index (χ1) is 9.15. The summed E-state index contributed by atoms with van der Waals surface area (Å²) in [5, 5.41) is 0. The molecule has 0 unspecified atom stereocenters. The first-order valence-electron chi connectivity index (χ1n) is 4.93. The van der Waals surface area contributed by atoms with Gasteiger partial charge in [0.15, 0.2) is 5.75 Å². The molecular formula is C10H7F6NO3. The molecule has 1 aromatic rings. The van der Waals surface area contributed by atoms with E-state index in [-0.39, 0.29) is 6.20 Å². The zero-order valence-corrected chi connectivity index (χ0v) is 9.80. The summed E-state index contributed by atoms with van der Waals surface area (Å²) in [4.78, 5) is 13.9. The molecule has 0 amide bonds. The third kappa shape index (κ3) is 4.00. The van der Waals surface area contributed by atoms with Crippen molar-refractivity contribution in [3.8, 4) is 5.75 Å². The molecule has 0 aliphatic carbocycles. The average molecular weight is 303 g/mol. The van der Waals surface area contributed by atoms with E-state index < -0.39 is 48.0 Å². The lowest BCUT2D eigenvalue weighted by Gasteiger charge is -2.16. The Labute approximate surface area is 108 Å². The quantitative estimate of drug-likeness (QED) is 0.634. The van der Waals surface area contributed by atoms with E-state index in [1.165, 1.54) is 0 Å². The number of rotatable bonds is 4. The zero-order chi connectivity index (χ0) is 15.5. The number of esters is 1. The van der Waals surface area contributed by atoms with Gasteiger partial charge >= 0.3 is 12.3 Å². The van der Waals surface area contributed by atoms with Gasteiger partial charge in [0.25, 0.3) is 6.43 Å². The van der Waals surface area contributed by atoms with Gasteiger partial charge in [-0.25, -0.2) is 18.2 Å². The molecule has 0 N–H and O–H groups in total.